The standard InChI is InChI=1S/C27H28N8O5/c28-24-32-22-17(11-34-19(36)8-9-20(34)37)30-25(29)35-12-18(27(39,40)26(22,35)33-24)31-23(38)16-7-3-5-14-10-13-4-1-2-6-15(13)21(14)16/h1-7,17-18,22,39-40H,8-12H2,(H2,29,30)(H,31,38)(H3,28,32,33)/t17-,18?,22?,26?/m0/s1. The smallest absolute Gasteiger partial charge is 0.252 e. The van der Waals surface area contributed by atoms with Gasteiger partial charge in [-0.1, -0.05) is 36.4 Å². The van der Waals surface area contributed by atoms with Gasteiger partial charge >= 0.3 is 0 Å². The van der Waals surface area contributed by atoms with Crippen molar-refractivity contribution in [2.45, 2.75) is 48.8 Å². The third-order valence-corrected chi connectivity index (χ3v) is 8.80. The summed E-state index contributed by atoms with van der Waals surface area (Å²) in [5, 5.41) is 51.8. The van der Waals surface area contributed by atoms with Gasteiger partial charge in [0.05, 0.1) is 18.6 Å². The summed E-state index contributed by atoms with van der Waals surface area (Å²) in [6, 6.07) is 10.3. The molecule has 40 heavy (non-hydrogen) atoms. The summed E-state index contributed by atoms with van der Waals surface area (Å²) in [5.74, 6) is -4.25. The van der Waals surface area contributed by atoms with Crippen molar-refractivity contribution in [2.24, 2.45) is 0 Å². The Morgan fingerprint density at radius 3 is 2.52 bits per heavy atom. The number of guanidine groups is 2. The molecule has 0 aromatic heterocycles. The Morgan fingerprint density at radius 2 is 1.75 bits per heavy atom. The van der Waals surface area contributed by atoms with Crippen LogP contribution in [0, 0.1) is 10.8 Å². The highest BCUT2D eigenvalue weighted by Gasteiger charge is 2.74. The van der Waals surface area contributed by atoms with Gasteiger partial charge in [0.25, 0.3) is 5.91 Å². The van der Waals surface area contributed by atoms with E-state index >= 15 is 0 Å². The molecule has 0 radical (unpaired) electrons. The van der Waals surface area contributed by atoms with E-state index < -0.39 is 35.5 Å². The first-order valence-corrected chi connectivity index (χ1v) is 13.2. The van der Waals surface area contributed by atoms with Crippen LogP contribution in [-0.4, -0.2) is 92.3 Å². The number of benzene rings is 2. The minimum absolute atomic E-state index is 0.0954. The molecule has 1 spiro atoms. The summed E-state index contributed by atoms with van der Waals surface area (Å²) in [7, 11) is 0. The molecular formula is C27H28N8O5. The molecule has 2 aromatic rings. The summed E-state index contributed by atoms with van der Waals surface area (Å²) < 4.78 is 0. The van der Waals surface area contributed by atoms with E-state index in [9.17, 15) is 24.6 Å². The van der Waals surface area contributed by atoms with Gasteiger partial charge < -0.3 is 36.4 Å². The lowest BCUT2D eigenvalue weighted by Crippen LogP contribution is -2.81. The fourth-order valence-corrected chi connectivity index (χ4v) is 6.97. The van der Waals surface area contributed by atoms with Crippen LogP contribution in [0.5, 0.6) is 0 Å². The van der Waals surface area contributed by atoms with Crippen LogP contribution in [0.25, 0.3) is 11.1 Å². The SMILES string of the molecule is N=C1NC2[C@H](CN3C(=O)CCC3=O)NC(=N)N3CC(NC(=O)c4cccc5c4-c4ccccc4C5)C(O)(O)C23N1. The summed E-state index contributed by atoms with van der Waals surface area (Å²) in [6.45, 7) is -0.270. The molecule has 4 fully saturated rings. The van der Waals surface area contributed by atoms with E-state index in [1.807, 2.05) is 30.3 Å². The van der Waals surface area contributed by atoms with Gasteiger partial charge in [-0.3, -0.25) is 30.1 Å². The average molecular weight is 545 g/mol. The molecule has 13 heteroatoms. The van der Waals surface area contributed by atoms with E-state index in [2.05, 4.69) is 21.3 Å². The van der Waals surface area contributed by atoms with Gasteiger partial charge in [0.15, 0.2) is 17.6 Å². The molecule has 4 aliphatic heterocycles. The van der Waals surface area contributed by atoms with Gasteiger partial charge in [-0.25, -0.2) is 0 Å². The Labute approximate surface area is 228 Å². The van der Waals surface area contributed by atoms with Gasteiger partial charge in [0, 0.05) is 24.9 Å². The largest absolute Gasteiger partial charge is 0.361 e. The van der Waals surface area contributed by atoms with Crippen molar-refractivity contribution in [1.82, 2.24) is 31.1 Å². The molecule has 4 heterocycles. The molecule has 4 saturated heterocycles. The van der Waals surface area contributed by atoms with E-state index in [4.69, 9.17) is 10.8 Å². The van der Waals surface area contributed by atoms with Crippen molar-refractivity contribution in [1.29, 1.82) is 10.8 Å². The molecule has 3 unspecified atom stereocenters. The lowest BCUT2D eigenvalue weighted by Gasteiger charge is -2.51. The minimum atomic E-state index is -2.66. The van der Waals surface area contributed by atoms with Crippen LogP contribution in [0.2, 0.25) is 0 Å². The van der Waals surface area contributed by atoms with Gasteiger partial charge in [-0.2, -0.15) is 0 Å². The number of nitrogens with zero attached hydrogens (tertiary/aromatic N) is 2. The van der Waals surface area contributed by atoms with Crippen molar-refractivity contribution in [3.63, 3.8) is 0 Å². The zero-order valence-corrected chi connectivity index (χ0v) is 21.3. The predicted octanol–water partition coefficient (Wildman–Crippen LogP) is -1.40. The second-order valence-electron chi connectivity index (χ2n) is 10.9. The number of imide groups is 1. The van der Waals surface area contributed by atoms with Gasteiger partial charge in [-0.15, -0.1) is 0 Å². The molecule has 7 rings (SSSR count). The van der Waals surface area contributed by atoms with E-state index in [0.29, 0.717) is 12.0 Å². The zero-order valence-electron chi connectivity index (χ0n) is 21.3. The normalized spacial score (nSPS) is 29.3. The molecule has 8 N–H and O–H groups in total. The van der Waals surface area contributed by atoms with Crippen molar-refractivity contribution >= 4 is 29.6 Å². The highest BCUT2D eigenvalue weighted by Crippen LogP contribution is 2.44. The number of likely N-dealkylation sites (tertiary alicyclic amines) is 1. The molecule has 1 aliphatic carbocycles. The van der Waals surface area contributed by atoms with Crippen LogP contribution in [-0.2, 0) is 16.0 Å². The lowest BCUT2D eigenvalue weighted by atomic mass is 9.84. The number of carbonyl (C=O) groups excluding carboxylic acids is 3. The van der Waals surface area contributed by atoms with Crippen LogP contribution < -0.4 is 21.3 Å². The lowest BCUT2D eigenvalue weighted by molar-refractivity contribution is -0.232. The van der Waals surface area contributed by atoms with Gasteiger partial charge in [0.1, 0.15) is 6.04 Å². The summed E-state index contributed by atoms with van der Waals surface area (Å²) in [4.78, 5) is 40.8. The highest BCUT2D eigenvalue weighted by atomic mass is 16.5. The van der Waals surface area contributed by atoms with Crippen LogP contribution in [0.15, 0.2) is 42.5 Å². The van der Waals surface area contributed by atoms with E-state index in [-0.39, 0.29) is 49.7 Å². The Morgan fingerprint density at radius 1 is 1.02 bits per heavy atom. The zero-order chi connectivity index (χ0) is 28.0. The monoisotopic (exact) mass is 544 g/mol. The van der Waals surface area contributed by atoms with Crippen molar-refractivity contribution < 1.29 is 24.6 Å². The summed E-state index contributed by atoms with van der Waals surface area (Å²) in [6.07, 6.45) is 0.888. The van der Waals surface area contributed by atoms with E-state index in [1.54, 1.807) is 12.1 Å². The Kier molecular flexibility index (Phi) is 5.07. The van der Waals surface area contributed by atoms with Gasteiger partial charge in [0.2, 0.25) is 17.6 Å². The third-order valence-electron chi connectivity index (χ3n) is 8.80. The van der Waals surface area contributed by atoms with Gasteiger partial charge in [-0.05, 0) is 34.7 Å². The molecule has 3 amide bonds. The van der Waals surface area contributed by atoms with Crippen molar-refractivity contribution in [3.8, 4) is 11.1 Å². The van der Waals surface area contributed by atoms with Crippen LogP contribution in [0.1, 0.15) is 34.3 Å². The van der Waals surface area contributed by atoms with Crippen molar-refractivity contribution in [2.75, 3.05) is 13.1 Å². The first kappa shape index (κ1) is 24.5. The third kappa shape index (κ3) is 3.18. The number of fused-ring (bicyclic) bond motifs is 3. The maximum atomic E-state index is 13.7. The molecule has 206 valence electrons. The molecular weight excluding hydrogens is 516 g/mol. The maximum Gasteiger partial charge on any atom is 0.252 e. The van der Waals surface area contributed by atoms with E-state index in [1.165, 1.54) is 4.90 Å². The first-order chi connectivity index (χ1) is 19.1. The second-order valence-corrected chi connectivity index (χ2v) is 10.9. The average Bonchev–Trinajstić information content (AvgIpc) is 3.63. The number of aliphatic hydroxyl groups is 2. The summed E-state index contributed by atoms with van der Waals surface area (Å²) in [5.41, 5.74) is 2.45. The Bertz CT molecular complexity index is 1510. The number of amides is 3. The second kappa shape index (κ2) is 8.26. The van der Waals surface area contributed by atoms with E-state index in [0.717, 1.165) is 27.2 Å². The molecule has 4 atom stereocenters. The molecule has 0 saturated carbocycles. The highest BCUT2D eigenvalue weighted by molar-refractivity contribution is 6.04. The molecule has 5 aliphatic rings. The molecule has 13 nitrogen and oxygen atoms in total. The minimum Gasteiger partial charge on any atom is -0.361 e. The van der Waals surface area contributed by atoms with Crippen LogP contribution in [0.4, 0.5) is 0 Å². The number of hydrogen-bond acceptors (Lipinski definition) is 7. The van der Waals surface area contributed by atoms with Crippen molar-refractivity contribution in [3.05, 3.63) is 59.2 Å². The molecule has 2 aromatic carbocycles. The number of hydrogen-bond donors (Lipinski definition) is 8. The summed E-state index contributed by atoms with van der Waals surface area (Å²) >= 11 is 0. The van der Waals surface area contributed by atoms with Crippen LogP contribution >= 0.6 is 0 Å². The Balaban J connectivity index is 1.21. The fourth-order valence-electron chi connectivity index (χ4n) is 6.97. The first-order valence-electron chi connectivity index (χ1n) is 13.2. The maximum absolute atomic E-state index is 13.7. The Hall–Kier alpha value is -4.49. The van der Waals surface area contributed by atoms with Crippen LogP contribution in [0.3, 0.4) is 0 Å². The quantitative estimate of drug-likeness (QED) is 0.144. The molecule has 0 bridgehead atoms. The fraction of sp³-hybridized carbons (Fsp3) is 0.370. The topological polar surface area (TPSA) is 194 Å². The number of rotatable bonds is 4. The number of nitrogens with one attached hydrogen (secondary N) is 6. The number of carbonyl (C=O) groups is 3. The predicted molar refractivity (Wildman–Crippen MR) is 141 cm³/mol.